The minimum absolute atomic E-state index is 0.247. The number of pyridine rings is 1. The normalized spacial score (nSPS) is 11.9. The fourth-order valence-corrected chi connectivity index (χ4v) is 1.94. The van der Waals surface area contributed by atoms with Crippen LogP contribution in [0.5, 0.6) is 5.88 Å². The molecule has 1 aromatic heterocycles. The summed E-state index contributed by atoms with van der Waals surface area (Å²) in [4.78, 5) is 4.36. The summed E-state index contributed by atoms with van der Waals surface area (Å²) in [6.45, 7) is 10.3. The Bertz CT molecular complexity index is 570. The Morgan fingerprint density at radius 3 is 2.53 bits per heavy atom. The number of nitrogens with one attached hydrogen (secondary N) is 1. The third-order valence-corrected chi connectivity index (χ3v) is 2.59. The number of fused-ring (bicyclic) bond motifs is 1. The molecule has 1 N–H and O–H groups in total. The van der Waals surface area contributed by atoms with Crippen molar-refractivity contribution in [2.45, 2.75) is 46.3 Å². The molecule has 0 aliphatic heterocycles. The predicted molar refractivity (Wildman–Crippen MR) is 80.9 cm³/mol. The molecule has 0 saturated heterocycles. The van der Waals surface area contributed by atoms with Crippen LogP contribution in [0.2, 0.25) is 0 Å². The zero-order valence-electron chi connectivity index (χ0n) is 12.3. The predicted octanol–water partition coefficient (Wildman–Crippen LogP) is 4.23. The number of aromatic nitrogens is 1. The summed E-state index contributed by atoms with van der Waals surface area (Å²) in [7, 11) is 0. The second-order valence-corrected chi connectivity index (χ2v) is 6.07. The Morgan fingerprint density at radius 2 is 1.89 bits per heavy atom. The van der Waals surface area contributed by atoms with E-state index in [1.165, 1.54) is 0 Å². The molecule has 2 rings (SSSR count). The molecule has 0 atom stereocenters. The molecule has 0 aliphatic rings. The van der Waals surface area contributed by atoms with Crippen LogP contribution in [0.3, 0.4) is 0 Å². The van der Waals surface area contributed by atoms with Crippen molar-refractivity contribution in [3.05, 3.63) is 30.5 Å². The molecule has 0 saturated carbocycles. The molecule has 3 nitrogen and oxygen atoms in total. The highest BCUT2D eigenvalue weighted by Gasteiger charge is 2.15. The molecule has 1 aromatic carbocycles. The summed E-state index contributed by atoms with van der Waals surface area (Å²) < 4.78 is 5.94. The van der Waals surface area contributed by atoms with Crippen molar-refractivity contribution in [2.75, 3.05) is 5.32 Å². The van der Waals surface area contributed by atoms with Crippen molar-refractivity contribution in [1.29, 1.82) is 0 Å². The van der Waals surface area contributed by atoms with Gasteiger partial charge in [0.2, 0.25) is 5.88 Å². The van der Waals surface area contributed by atoms with Crippen LogP contribution in [-0.4, -0.2) is 16.6 Å². The van der Waals surface area contributed by atoms with E-state index in [2.05, 4.69) is 42.3 Å². The van der Waals surface area contributed by atoms with E-state index < -0.39 is 0 Å². The smallest absolute Gasteiger partial charge is 0.221 e. The molecule has 0 unspecified atom stereocenters. The average Bonchev–Trinajstić information content (AvgIpc) is 2.27. The van der Waals surface area contributed by atoms with Crippen molar-refractivity contribution in [3.8, 4) is 5.88 Å². The molecule has 0 amide bonds. The molecular weight excluding hydrogens is 236 g/mol. The molecule has 0 fully saturated rings. The zero-order valence-corrected chi connectivity index (χ0v) is 12.3. The highest BCUT2D eigenvalue weighted by molar-refractivity contribution is 5.89. The number of benzene rings is 1. The number of ether oxygens (including phenoxy) is 1. The molecule has 3 heteroatoms. The number of rotatable bonds is 3. The van der Waals surface area contributed by atoms with Gasteiger partial charge in [-0.15, -0.1) is 0 Å². The monoisotopic (exact) mass is 258 g/mol. The van der Waals surface area contributed by atoms with E-state index >= 15 is 0 Å². The van der Waals surface area contributed by atoms with Crippen LogP contribution in [0.25, 0.3) is 10.8 Å². The Morgan fingerprint density at radius 1 is 1.16 bits per heavy atom. The van der Waals surface area contributed by atoms with E-state index in [-0.39, 0.29) is 5.60 Å². The summed E-state index contributed by atoms with van der Waals surface area (Å²) in [5, 5.41) is 5.59. The van der Waals surface area contributed by atoms with E-state index in [0.29, 0.717) is 11.9 Å². The quantitative estimate of drug-likeness (QED) is 0.894. The summed E-state index contributed by atoms with van der Waals surface area (Å²) in [5.41, 5.74) is 0.845. The van der Waals surface area contributed by atoms with Gasteiger partial charge in [-0.1, -0.05) is 6.07 Å². The average molecular weight is 258 g/mol. The van der Waals surface area contributed by atoms with Gasteiger partial charge in [-0.3, -0.25) is 0 Å². The van der Waals surface area contributed by atoms with Crippen LogP contribution in [0.1, 0.15) is 34.6 Å². The number of nitrogens with zero attached hydrogens (tertiary/aromatic N) is 1. The number of hydrogen-bond acceptors (Lipinski definition) is 3. The largest absolute Gasteiger partial charge is 0.471 e. The van der Waals surface area contributed by atoms with Gasteiger partial charge >= 0.3 is 0 Å². The van der Waals surface area contributed by atoms with Gasteiger partial charge in [-0.05, 0) is 58.2 Å². The number of hydrogen-bond donors (Lipinski definition) is 1. The minimum Gasteiger partial charge on any atom is -0.471 e. The fourth-order valence-electron chi connectivity index (χ4n) is 1.94. The van der Waals surface area contributed by atoms with Gasteiger partial charge in [-0.25, -0.2) is 4.98 Å². The maximum absolute atomic E-state index is 5.94. The lowest BCUT2D eigenvalue weighted by Crippen LogP contribution is -2.23. The second kappa shape index (κ2) is 5.08. The highest BCUT2D eigenvalue weighted by Crippen LogP contribution is 2.28. The maximum atomic E-state index is 5.94. The SMILES string of the molecule is CC(C)Nc1ccc2ccnc(OC(C)(C)C)c2c1. The van der Waals surface area contributed by atoms with Crippen LogP contribution in [-0.2, 0) is 0 Å². The third-order valence-electron chi connectivity index (χ3n) is 2.59. The molecule has 102 valence electrons. The topological polar surface area (TPSA) is 34.2 Å². The Hall–Kier alpha value is -1.77. The number of anilines is 1. The highest BCUT2D eigenvalue weighted by atomic mass is 16.5. The van der Waals surface area contributed by atoms with E-state index in [1.807, 2.05) is 26.8 Å². The molecular formula is C16H22N2O. The molecule has 0 radical (unpaired) electrons. The van der Waals surface area contributed by atoms with Gasteiger partial charge < -0.3 is 10.1 Å². The van der Waals surface area contributed by atoms with Crippen LogP contribution in [0, 0.1) is 0 Å². The van der Waals surface area contributed by atoms with E-state index in [1.54, 1.807) is 6.20 Å². The second-order valence-electron chi connectivity index (χ2n) is 6.07. The molecule has 19 heavy (non-hydrogen) atoms. The molecule has 0 bridgehead atoms. The van der Waals surface area contributed by atoms with Gasteiger partial charge in [-0.2, -0.15) is 0 Å². The fraction of sp³-hybridized carbons (Fsp3) is 0.438. The van der Waals surface area contributed by atoms with Gasteiger partial charge in [0.05, 0.1) is 0 Å². The third kappa shape index (κ3) is 3.60. The van der Waals surface area contributed by atoms with Crippen molar-refractivity contribution < 1.29 is 4.74 Å². The molecule has 0 spiro atoms. The van der Waals surface area contributed by atoms with E-state index in [4.69, 9.17) is 4.74 Å². The Balaban J connectivity index is 2.46. The van der Waals surface area contributed by atoms with Crippen LogP contribution < -0.4 is 10.1 Å². The Labute approximate surface area is 115 Å². The van der Waals surface area contributed by atoms with E-state index in [9.17, 15) is 0 Å². The summed E-state index contributed by atoms with van der Waals surface area (Å²) in [6.07, 6.45) is 1.79. The van der Waals surface area contributed by atoms with Crippen LogP contribution >= 0.6 is 0 Å². The maximum Gasteiger partial charge on any atom is 0.221 e. The van der Waals surface area contributed by atoms with E-state index in [0.717, 1.165) is 16.5 Å². The zero-order chi connectivity index (χ0) is 14.0. The van der Waals surface area contributed by atoms with Crippen LogP contribution in [0.4, 0.5) is 5.69 Å². The standard InChI is InChI=1S/C16H22N2O/c1-11(2)18-13-7-6-12-8-9-17-15(14(12)10-13)19-16(3,4)5/h6-11,18H,1-5H3. The molecule has 2 aromatic rings. The summed E-state index contributed by atoms with van der Waals surface area (Å²) in [6, 6.07) is 8.69. The lowest BCUT2D eigenvalue weighted by Gasteiger charge is -2.21. The molecule has 1 heterocycles. The first-order chi connectivity index (χ1) is 8.85. The summed E-state index contributed by atoms with van der Waals surface area (Å²) >= 11 is 0. The van der Waals surface area contributed by atoms with Gasteiger partial charge in [0.15, 0.2) is 0 Å². The minimum atomic E-state index is -0.247. The molecule has 0 aliphatic carbocycles. The first-order valence-corrected chi connectivity index (χ1v) is 6.69. The van der Waals surface area contributed by atoms with Gasteiger partial charge in [0, 0.05) is 23.3 Å². The van der Waals surface area contributed by atoms with Crippen molar-refractivity contribution in [1.82, 2.24) is 4.98 Å². The first kappa shape index (κ1) is 13.7. The van der Waals surface area contributed by atoms with Gasteiger partial charge in [0.25, 0.3) is 0 Å². The van der Waals surface area contributed by atoms with Crippen molar-refractivity contribution in [3.63, 3.8) is 0 Å². The van der Waals surface area contributed by atoms with Gasteiger partial charge in [0.1, 0.15) is 5.60 Å². The lowest BCUT2D eigenvalue weighted by atomic mass is 10.1. The van der Waals surface area contributed by atoms with Crippen molar-refractivity contribution >= 4 is 16.5 Å². The lowest BCUT2D eigenvalue weighted by molar-refractivity contribution is 0.126. The first-order valence-electron chi connectivity index (χ1n) is 6.69. The Kier molecular flexibility index (Phi) is 3.65. The summed E-state index contributed by atoms with van der Waals surface area (Å²) in [5.74, 6) is 0.692. The van der Waals surface area contributed by atoms with Crippen LogP contribution in [0.15, 0.2) is 30.5 Å². The van der Waals surface area contributed by atoms with Crippen molar-refractivity contribution in [2.24, 2.45) is 0 Å².